The summed E-state index contributed by atoms with van der Waals surface area (Å²) in [5.41, 5.74) is 1.97. The smallest absolute Gasteiger partial charge is 0.252 e. The van der Waals surface area contributed by atoms with Gasteiger partial charge in [0.1, 0.15) is 10.5 Å². The number of aldehydes is 1. The SMILES string of the molecule is CN(CC(O)CNC(C)(C)CCCC1=CCCC=C1)S(=O)(=O)c1cc(CCCC=O)c(Cl)s1. The molecular weight excluding hydrogens is 480 g/mol. The maximum Gasteiger partial charge on any atom is 0.252 e. The van der Waals surface area contributed by atoms with E-state index in [2.05, 4.69) is 37.4 Å². The zero-order chi connectivity index (χ0) is 24.5. The Kier molecular flexibility index (Phi) is 11.3. The number of β-amino-alcohol motifs (C(OH)–C–C–N with tert-alkyl or cyclic N) is 1. The van der Waals surface area contributed by atoms with E-state index in [4.69, 9.17) is 11.6 Å². The van der Waals surface area contributed by atoms with Gasteiger partial charge in [-0.25, -0.2) is 8.42 Å². The highest BCUT2D eigenvalue weighted by Gasteiger charge is 2.27. The number of likely N-dealkylation sites (N-methyl/N-ethyl adjacent to an activating group) is 1. The minimum Gasteiger partial charge on any atom is -0.390 e. The molecule has 0 fully saturated rings. The van der Waals surface area contributed by atoms with Gasteiger partial charge in [-0.05, 0) is 70.4 Å². The summed E-state index contributed by atoms with van der Waals surface area (Å²) in [6.45, 7) is 4.49. The molecule has 0 saturated carbocycles. The Bertz CT molecular complexity index is 938. The molecule has 9 heteroatoms. The first kappa shape index (κ1) is 28.2. The van der Waals surface area contributed by atoms with Crippen LogP contribution >= 0.6 is 22.9 Å². The summed E-state index contributed by atoms with van der Waals surface area (Å²) in [5.74, 6) is 0. The number of nitrogens with one attached hydrogen (secondary N) is 1. The van der Waals surface area contributed by atoms with Crippen LogP contribution in [-0.4, -0.2) is 55.9 Å². The first-order chi connectivity index (χ1) is 15.5. The van der Waals surface area contributed by atoms with Crippen LogP contribution in [0.4, 0.5) is 0 Å². The van der Waals surface area contributed by atoms with E-state index < -0.39 is 16.1 Å². The minimum absolute atomic E-state index is 0.0148. The summed E-state index contributed by atoms with van der Waals surface area (Å²) in [7, 11) is -2.28. The zero-order valence-electron chi connectivity index (χ0n) is 19.8. The van der Waals surface area contributed by atoms with Crippen molar-refractivity contribution in [3.8, 4) is 0 Å². The Morgan fingerprint density at radius 1 is 1.30 bits per heavy atom. The van der Waals surface area contributed by atoms with Crippen LogP contribution in [0.5, 0.6) is 0 Å². The lowest BCUT2D eigenvalue weighted by molar-refractivity contribution is -0.107. The average molecular weight is 517 g/mol. The Morgan fingerprint density at radius 3 is 2.73 bits per heavy atom. The number of unbranched alkanes of at least 4 members (excludes halogenated alkanes) is 1. The molecule has 0 bridgehead atoms. The van der Waals surface area contributed by atoms with Gasteiger partial charge in [-0.2, -0.15) is 4.31 Å². The van der Waals surface area contributed by atoms with E-state index in [0.717, 1.165) is 55.3 Å². The Balaban J connectivity index is 1.82. The summed E-state index contributed by atoms with van der Waals surface area (Å²) >= 11 is 7.23. The summed E-state index contributed by atoms with van der Waals surface area (Å²) in [4.78, 5) is 10.5. The third kappa shape index (κ3) is 9.26. The molecule has 1 aromatic rings. The second-order valence-electron chi connectivity index (χ2n) is 9.24. The Morgan fingerprint density at radius 2 is 2.06 bits per heavy atom. The molecule has 0 aromatic carbocycles. The van der Waals surface area contributed by atoms with Crippen LogP contribution in [0.15, 0.2) is 34.1 Å². The number of carbonyl (C=O) groups is 1. The van der Waals surface area contributed by atoms with Gasteiger partial charge in [0.2, 0.25) is 0 Å². The van der Waals surface area contributed by atoms with Crippen LogP contribution in [0.25, 0.3) is 0 Å². The van der Waals surface area contributed by atoms with Crippen molar-refractivity contribution in [1.82, 2.24) is 9.62 Å². The molecule has 1 aliphatic carbocycles. The molecule has 1 unspecified atom stereocenters. The van der Waals surface area contributed by atoms with Gasteiger partial charge in [-0.15, -0.1) is 11.3 Å². The van der Waals surface area contributed by atoms with Crippen molar-refractivity contribution in [2.75, 3.05) is 20.1 Å². The number of hydrogen-bond donors (Lipinski definition) is 2. The van der Waals surface area contributed by atoms with Crippen molar-refractivity contribution < 1.29 is 18.3 Å². The topological polar surface area (TPSA) is 86.7 Å². The lowest BCUT2D eigenvalue weighted by atomic mass is 9.94. The molecule has 1 atom stereocenters. The molecule has 0 amide bonds. The number of sulfonamides is 1. The predicted molar refractivity (Wildman–Crippen MR) is 137 cm³/mol. The van der Waals surface area contributed by atoms with Crippen molar-refractivity contribution in [2.24, 2.45) is 0 Å². The van der Waals surface area contributed by atoms with Crippen LogP contribution in [0, 0.1) is 0 Å². The Labute approximate surface area is 207 Å². The van der Waals surface area contributed by atoms with E-state index in [9.17, 15) is 18.3 Å². The number of allylic oxidation sites excluding steroid dienone is 4. The molecule has 6 nitrogen and oxygen atoms in total. The van der Waals surface area contributed by atoms with Crippen molar-refractivity contribution in [2.45, 2.75) is 81.1 Å². The number of nitrogens with zero attached hydrogens (tertiary/aromatic N) is 1. The van der Waals surface area contributed by atoms with Gasteiger partial charge in [-0.1, -0.05) is 35.4 Å². The van der Waals surface area contributed by atoms with Crippen LogP contribution in [-0.2, 0) is 21.2 Å². The van der Waals surface area contributed by atoms with Gasteiger partial charge >= 0.3 is 0 Å². The standard InChI is InChI=1S/C24H37ClN2O4S2/c1-24(2,14-9-12-19-10-5-4-6-11-19)26-17-21(29)18-27(3)33(30,31)22-16-20(23(25)32-22)13-7-8-15-28/h5,10-11,15-16,21,26,29H,4,6-9,12-14,17-18H2,1-3H3. The van der Waals surface area contributed by atoms with Crippen molar-refractivity contribution in [3.05, 3.63) is 39.8 Å². The van der Waals surface area contributed by atoms with E-state index >= 15 is 0 Å². The number of aliphatic hydroxyl groups is 1. The number of halogens is 1. The largest absolute Gasteiger partial charge is 0.390 e. The third-order valence-corrected chi connectivity index (χ3v) is 9.50. The lowest BCUT2D eigenvalue weighted by Gasteiger charge is -2.29. The van der Waals surface area contributed by atoms with Gasteiger partial charge in [0.15, 0.2) is 0 Å². The molecule has 2 N–H and O–H groups in total. The first-order valence-electron chi connectivity index (χ1n) is 11.5. The van der Waals surface area contributed by atoms with E-state index in [0.29, 0.717) is 30.1 Å². The average Bonchev–Trinajstić information content (AvgIpc) is 3.14. The number of aryl methyl sites for hydroxylation is 1. The highest BCUT2D eigenvalue weighted by atomic mass is 35.5. The number of hydrogen-bond acceptors (Lipinski definition) is 6. The highest BCUT2D eigenvalue weighted by molar-refractivity contribution is 7.91. The van der Waals surface area contributed by atoms with E-state index in [1.807, 2.05) is 0 Å². The summed E-state index contributed by atoms with van der Waals surface area (Å²) in [5, 5.41) is 13.9. The minimum atomic E-state index is -3.75. The van der Waals surface area contributed by atoms with Crippen LogP contribution in [0.1, 0.15) is 64.4 Å². The van der Waals surface area contributed by atoms with E-state index in [1.165, 1.54) is 16.9 Å². The van der Waals surface area contributed by atoms with Gasteiger partial charge < -0.3 is 15.2 Å². The molecule has 0 saturated heterocycles. The molecule has 2 rings (SSSR count). The van der Waals surface area contributed by atoms with Gasteiger partial charge in [0.25, 0.3) is 10.0 Å². The maximum absolute atomic E-state index is 12.9. The lowest BCUT2D eigenvalue weighted by Crippen LogP contribution is -2.46. The molecule has 1 aromatic heterocycles. The normalized spacial score (nSPS) is 15.6. The maximum atomic E-state index is 12.9. The van der Waals surface area contributed by atoms with Gasteiger partial charge in [-0.3, -0.25) is 0 Å². The van der Waals surface area contributed by atoms with Crippen molar-refractivity contribution in [3.63, 3.8) is 0 Å². The van der Waals surface area contributed by atoms with Gasteiger partial charge in [0.05, 0.1) is 10.4 Å². The quantitative estimate of drug-likeness (QED) is 0.260. The molecule has 0 spiro atoms. The molecular formula is C24H37ClN2O4S2. The molecule has 1 heterocycles. The molecule has 186 valence electrons. The Hall–Kier alpha value is -1.03. The monoisotopic (exact) mass is 516 g/mol. The second-order valence-corrected chi connectivity index (χ2v) is 13.2. The van der Waals surface area contributed by atoms with Crippen LogP contribution in [0.3, 0.4) is 0 Å². The van der Waals surface area contributed by atoms with Crippen molar-refractivity contribution >= 4 is 39.2 Å². The second kappa shape index (κ2) is 13.2. The summed E-state index contributed by atoms with van der Waals surface area (Å²) in [6.07, 6.45) is 13.6. The first-order valence-corrected chi connectivity index (χ1v) is 14.2. The number of thiophene rings is 1. The number of rotatable bonds is 15. The highest BCUT2D eigenvalue weighted by Crippen LogP contribution is 2.33. The molecule has 0 aliphatic heterocycles. The number of aliphatic hydroxyl groups excluding tert-OH is 1. The van der Waals surface area contributed by atoms with Crippen molar-refractivity contribution in [1.29, 1.82) is 0 Å². The molecule has 33 heavy (non-hydrogen) atoms. The van der Waals surface area contributed by atoms with E-state index in [-0.39, 0.29) is 16.3 Å². The third-order valence-electron chi connectivity index (χ3n) is 5.79. The fourth-order valence-electron chi connectivity index (χ4n) is 3.74. The number of carbonyl (C=O) groups excluding carboxylic acids is 1. The summed E-state index contributed by atoms with van der Waals surface area (Å²) < 4.78 is 27.6. The van der Waals surface area contributed by atoms with Crippen LogP contribution < -0.4 is 5.32 Å². The van der Waals surface area contributed by atoms with E-state index in [1.54, 1.807) is 6.07 Å². The fraction of sp³-hybridized carbons (Fsp3) is 0.625. The van der Waals surface area contributed by atoms with Crippen LogP contribution in [0.2, 0.25) is 4.34 Å². The van der Waals surface area contributed by atoms with Gasteiger partial charge in [0, 0.05) is 32.1 Å². The fourth-order valence-corrected chi connectivity index (χ4v) is 6.96. The molecule has 0 radical (unpaired) electrons. The summed E-state index contributed by atoms with van der Waals surface area (Å²) in [6, 6.07) is 1.58. The zero-order valence-corrected chi connectivity index (χ0v) is 22.2. The predicted octanol–water partition coefficient (Wildman–Crippen LogP) is 4.72. The molecule has 1 aliphatic rings.